The van der Waals surface area contributed by atoms with E-state index in [4.69, 9.17) is 10.9 Å². The molecule has 170 valence electrons. The number of rotatable bonds is 5. The second-order valence-electron chi connectivity index (χ2n) is 6.34. The monoisotopic (exact) mass is 489 g/mol. The van der Waals surface area contributed by atoms with Crippen molar-refractivity contribution in [1.29, 1.82) is 0 Å². The van der Waals surface area contributed by atoms with E-state index in [0.29, 0.717) is 6.07 Å². The van der Waals surface area contributed by atoms with E-state index >= 15 is 0 Å². The number of carbonyl (C=O) groups is 1. The quantitative estimate of drug-likeness (QED) is 0.419. The molecule has 0 atom stereocenters. The number of nitrogens with zero attached hydrogens (tertiary/aromatic N) is 3. The first-order chi connectivity index (χ1) is 14.8. The minimum Gasteiger partial charge on any atom is -0.350 e. The van der Waals surface area contributed by atoms with E-state index in [2.05, 4.69) is 5.10 Å². The summed E-state index contributed by atoms with van der Waals surface area (Å²) in [6.07, 6.45) is -3.31. The molecule has 2 amide bonds. The Balaban J connectivity index is 2.23. The molecule has 0 spiro atoms. The summed E-state index contributed by atoms with van der Waals surface area (Å²) in [7, 11) is -4.04. The number of sulfonamides is 1. The highest BCUT2D eigenvalue weighted by atomic mass is 32.2. The smallest absolute Gasteiger partial charge is 0.350 e. The summed E-state index contributed by atoms with van der Waals surface area (Å²) in [6, 6.07) is 7.67. The number of primary amides is 1. The van der Waals surface area contributed by atoms with Crippen molar-refractivity contribution < 1.29 is 30.8 Å². The molecule has 0 radical (unpaired) electrons. The van der Waals surface area contributed by atoms with Crippen LogP contribution in [0.3, 0.4) is 0 Å². The zero-order valence-electron chi connectivity index (χ0n) is 16.2. The average Bonchev–Trinajstić information content (AvgIpc) is 3.14. The molecular formula is C18H15F4N5O3S2. The molecule has 3 rings (SSSR count). The van der Waals surface area contributed by atoms with E-state index in [0.717, 1.165) is 45.2 Å². The fourth-order valence-corrected chi connectivity index (χ4v) is 3.86. The van der Waals surface area contributed by atoms with Gasteiger partial charge in [-0.2, -0.15) is 18.3 Å². The maximum atomic E-state index is 14.7. The summed E-state index contributed by atoms with van der Waals surface area (Å²) >= 11 is 0.920. The number of carbonyl (C=O) groups excluding carboxylic acids is 1. The van der Waals surface area contributed by atoms with E-state index in [1.54, 1.807) is 0 Å². The third kappa shape index (κ3) is 4.71. The Morgan fingerprint density at radius 3 is 2.25 bits per heavy atom. The van der Waals surface area contributed by atoms with Gasteiger partial charge in [0.1, 0.15) is 5.82 Å². The van der Waals surface area contributed by atoms with Crippen molar-refractivity contribution in [1.82, 2.24) is 9.78 Å². The van der Waals surface area contributed by atoms with Gasteiger partial charge in [0.05, 0.1) is 22.0 Å². The Labute approximate surface area is 184 Å². The van der Waals surface area contributed by atoms with Crippen molar-refractivity contribution >= 4 is 33.7 Å². The minimum atomic E-state index is -4.84. The molecule has 0 aliphatic heterocycles. The molecule has 4 N–H and O–H groups in total. The predicted octanol–water partition coefficient (Wildman–Crippen LogP) is 3.51. The number of aromatic nitrogens is 2. The van der Waals surface area contributed by atoms with Crippen LogP contribution in [0.1, 0.15) is 5.69 Å². The lowest BCUT2D eigenvalue weighted by molar-refractivity contribution is -0.141. The Morgan fingerprint density at radius 2 is 1.75 bits per heavy atom. The van der Waals surface area contributed by atoms with Crippen molar-refractivity contribution in [3.8, 4) is 16.9 Å². The zero-order chi connectivity index (χ0) is 23.8. The summed E-state index contributed by atoms with van der Waals surface area (Å²) in [6.45, 7) is 0. The zero-order valence-corrected chi connectivity index (χ0v) is 17.8. The van der Waals surface area contributed by atoms with Crippen LogP contribution in [0.5, 0.6) is 0 Å². The molecule has 0 aliphatic rings. The largest absolute Gasteiger partial charge is 0.435 e. The van der Waals surface area contributed by atoms with Crippen molar-refractivity contribution in [3.05, 3.63) is 60.0 Å². The first-order valence-corrected chi connectivity index (χ1v) is 11.3. The molecule has 1 aromatic heterocycles. The number of urea groups is 1. The van der Waals surface area contributed by atoms with Gasteiger partial charge in [-0.15, -0.1) is 0 Å². The highest BCUT2D eigenvalue weighted by molar-refractivity contribution is 8.00. The fraction of sp³-hybridized carbons (Fsp3) is 0.111. The van der Waals surface area contributed by atoms with Crippen molar-refractivity contribution in [2.45, 2.75) is 11.1 Å². The second kappa shape index (κ2) is 8.44. The molecule has 0 saturated carbocycles. The van der Waals surface area contributed by atoms with Gasteiger partial charge in [-0.1, -0.05) is 0 Å². The molecule has 0 saturated heterocycles. The molecule has 0 fully saturated rings. The van der Waals surface area contributed by atoms with E-state index < -0.39 is 33.7 Å². The topological polar surface area (TPSA) is 124 Å². The van der Waals surface area contributed by atoms with E-state index in [9.17, 15) is 30.8 Å². The van der Waals surface area contributed by atoms with Crippen LogP contribution >= 0.6 is 11.9 Å². The Kier molecular flexibility index (Phi) is 6.22. The van der Waals surface area contributed by atoms with Gasteiger partial charge < -0.3 is 5.73 Å². The normalized spacial score (nSPS) is 12.1. The molecule has 3 aromatic rings. The number of amides is 2. The van der Waals surface area contributed by atoms with Crippen LogP contribution in [0.4, 0.5) is 28.0 Å². The number of hydrogen-bond donors (Lipinski definition) is 2. The van der Waals surface area contributed by atoms with Gasteiger partial charge in [0, 0.05) is 11.8 Å². The summed E-state index contributed by atoms with van der Waals surface area (Å²) < 4.78 is 79.5. The standard InChI is InChI=1S/C18H15F4N5O3S2/c1-31-27(17(23)28)11-4-7-14(19)13(8-11)15-9-16(18(20,21)22)25-26(15)10-2-5-12(6-3-10)32(24,29)30/h2-9H,1H3,(H2,23,28)(H2,24,29,30). The summed E-state index contributed by atoms with van der Waals surface area (Å²) in [5, 5.41) is 8.56. The van der Waals surface area contributed by atoms with Crippen molar-refractivity contribution in [2.24, 2.45) is 10.9 Å². The van der Waals surface area contributed by atoms with Gasteiger partial charge in [0.2, 0.25) is 10.0 Å². The van der Waals surface area contributed by atoms with Crippen LogP contribution < -0.4 is 15.2 Å². The number of benzene rings is 2. The van der Waals surface area contributed by atoms with Crippen LogP contribution in [0.15, 0.2) is 53.4 Å². The predicted molar refractivity (Wildman–Crippen MR) is 111 cm³/mol. The van der Waals surface area contributed by atoms with Crippen LogP contribution in [0, 0.1) is 5.82 Å². The molecule has 8 nitrogen and oxygen atoms in total. The Bertz CT molecular complexity index is 1270. The average molecular weight is 489 g/mol. The molecule has 0 unspecified atom stereocenters. The van der Waals surface area contributed by atoms with Gasteiger partial charge in [-0.25, -0.2) is 31.7 Å². The van der Waals surface area contributed by atoms with Gasteiger partial charge in [0.25, 0.3) is 0 Å². The van der Waals surface area contributed by atoms with Crippen molar-refractivity contribution in [2.75, 3.05) is 10.6 Å². The van der Waals surface area contributed by atoms with E-state index in [-0.39, 0.29) is 27.5 Å². The Morgan fingerprint density at radius 1 is 1.12 bits per heavy atom. The fourth-order valence-electron chi connectivity index (χ4n) is 2.84. The van der Waals surface area contributed by atoms with E-state index in [1.807, 2.05) is 0 Å². The van der Waals surface area contributed by atoms with Crippen molar-refractivity contribution in [3.63, 3.8) is 0 Å². The molecular weight excluding hydrogens is 474 g/mol. The maximum absolute atomic E-state index is 14.7. The minimum absolute atomic E-state index is 0.0179. The van der Waals surface area contributed by atoms with Crippen LogP contribution in [0.25, 0.3) is 16.9 Å². The number of alkyl halides is 3. The number of nitrogens with two attached hydrogens (primary N) is 2. The number of primary sulfonamides is 1. The van der Waals surface area contributed by atoms with Crippen LogP contribution in [-0.2, 0) is 16.2 Å². The SMILES string of the molecule is CSN(C(N)=O)c1ccc(F)c(-c2cc(C(F)(F)F)nn2-c2ccc(S(N)(=O)=O)cc2)c1. The summed E-state index contributed by atoms with van der Waals surface area (Å²) in [4.78, 5) is 11.3. The maximum Gasteiger partial charge on any atom is 0.435 e. The highest BCUT2D eigenvalue weighted by Gasteiger charge is 2.35. The molecule has 14 heteroatoms. The molecule has 32 heavy (non-hydrogen) atoms. The Hall–Kier alpha value is -3.10. The lowest BCUT2D eigenvalue weighted by atomic mass is 10.1. The van der Waals surface area contributed by atoms with Crippen LogP contribution in [-0.4, -0.2) is 30.5 Å². The lowest BCUT2D eigenvalue weighted by Gasteiger charge is -2.18. The summed E-state index contributed by atoms with van der Waals surface area (Å²) in [5.74, 6) is -0.879. The first kappa shape index (κ1) is 23.6. The third-order valence-corrected chi connectivity index (χ3v) is 5.94. The van der Waals surface area contributed by atoms with Crippen LogP contribution in [0.2, 0.25) is 0 Å². The molecule has 1 heterocycles. The first-order valence-electron chi connectivity index (χ1n) is 8.57. The number of anilines is 1. The molecule has 0 bridgehead atoms. The second-order valence-corrected chi connectivity index (χ2v) is 8.63. The molecule has 0 aliphatic carbocycles. The van der Waals surface area contributed by atoms with Gasteiger partial charge in [0.15, 0.2) is 5.69 Å². The highest BCUT2D eigenvalue weighted by Crippen LogP contribution is 2.36. The number of hydrogen-bond acceptors (Lipinski definition) is 5. The molecule has 2 aromatic carbocycles. The lowest BCUT2D eigenvalue weighted by Crippen LogP contribution is -2.29. The third-order valence-electron chi connectivity index (χ3n) is 4.25. The van der Waals surface area contributed by atoms with Gasteiger partial charge in [-0.05, 0) is 60.5 Å². The number of halogens is 4. The van der Waals surface area contributed by atoms with Gasteiger partial charge >= 0.3 is 12.2 Å². The van der Waals surface area contributed by atoms with E-state index in [1.165, 1.54) is 24.5 Å². The van der Waals surface area contributed by atoms with Gasteiger partial charge in [-0.3, -0.25) is 0 Å². The summed E-state index contributed by atoms with van der Waals surface area (Å²) in [5.41, 5.74) is 3.56.